The van der Waals surface area contributed by atoms with E-state index in [2.05, 4.69) is 21.2 Å². The Morgan fingerprint density at radius 3 is 2.07 bits per heavy atom. The van der Waals surface area contributed by atoms with Crippen LogP contribution in [0.1, 0.15) is 20.7 Å². The third kappa shape index (κ3) is 5.63. The molecule has 0 bridgehead atoms. The highest BCUT2D eigenvalue weighted by molar-refractivity contribution is 6.29. The SMILES string of the molecule is O=C(CNC(=O)c1ccc(-c2ccccc2)cc1)NNC(=O)c1ccc(Cl)nc1. The average molecular weight is 409 g/mol. The standard InChI is InChI=1S/C21H17ClN4O3/c22-18-11-10-17(12-23-18)21(29)26-25-19(27)13-24-20(28)16-8-6-15(7-9-16)14-4-2-1-3-5-14/h1-12H,13H2,(H,24,28)(H,25,27)(H,26,29). The number of pyridine rings is 1. The van der Waals surface area contributed by atoms with Gasteiger partial charge in [-0.3, -0.25) is 25.2 Å². The molecular weight excluding hydrogens is 392 g/mol. The van der Waals surface area contributed by atoms with Crippen LogP contribution in [0.25, 0.3) is 11.1 Å². The quantitative estimate of drug-likeness (QED) is 0.446. The number of carbonyl (C=O) groups is 3. The van der Waals surface area contributed by atoms with Crippen LogP contribution in [-0.4, -0.2) is 29.3 Å². The fourth-order valence-electron chi connectivity index (χ4n) is 2.46. The second-order valence-corrected chi connectivity index (χ2v) is 6.39. The van der Waals surface area contributed by atoms with Crippen molar-refractivity contribution in [1.29, 1.82) is 0 Å². The third-order valence-corrected chi connectivity index (χ3v) is 4.19. The predicted molar refractivity (Wildman–Crippen MR) is 109 cm³/mol. The molecule has 1 heterocycles. The molecule has 1 aromatic heterocycles. The van der Waals surface area contributed by atoms with E-state index in [0.29, 0.717) is 5.56 Å². The molecule has 7 nitrogen and oxygen atoms in total. The Balaban J connectivity index is 1.46. The molecule has 0 aliphatic carbocycles. The van der Waals surface area contributed by atoms with E-state index in [0.717, 1.165) is 11.1 Å². The summed E-state index contributed by atoms with van der Waals surface area (Å²) < 4.78 is 0. The largest absolute Gasteiger partial charge is 0.343 e. The second kappa shape index (κ2) is 9.48. The maximum absolute atomic E-state index is 12.2. The van der Waals surface area contributed by atoms with Gasteiger partial charge in [-0.15, -0.1) is 0 Å². The molecule has 29 heavy (non-hydrogen) atoms. The van der Waals surface area contributed by atoms with E-state index < -0.39 is 17.7 Å². The normalized spacial score (nSPS) is 10.1. The maximum atomic E-state index is 12.2. The van der Waals surface area contributed by atoms with Gasteiger partial charge in [0.25, 0.3) is 17.7 Å². The highest BCUT2D eigenvalue weighted by Crippen LogP contribution is 2.19. The first-order valence-corrected chi connectivity index (χ1v) is 9.05. The molecule has 3 aromatic rings. The predicted octanol–water partition coefficient (Wildman–Crippen LogP) is 2.59. The molecule has 3 amide bonds. The van der Waals surface area contributed by atoms with Crippen molar-refractivity contribution in [2.75, 3.05) is 6.54 Å². The lowest BCUT2D eigenvalue weighted by Crippen LogP contribution is -2.46. The zero-order valence-electron chi connectivity index (χ0n) is 15.2. The number of nitrogens with zero attached hydrogens (tertiary/aromatic N) is 1. The van der Waals surface area contributed by atoms with Crippen LogP contribution in [0.15, 0.2) is 72.9 Å². The highest BCUT2D eigenvalue weighted by Gasteiger charge is 2.10. The minimum atomic E-state index is -0.575. The summed E-state index contributed by atoms with van der Waals surface area (Å²) in [6.07, 6.45) is 1.28. The van der Waals surface area contributed by atoms with Gasteiger partial charge in [0, 0.05) is 11.8 Å². The first-order valence-electron chi connectivity index (χ1n) is 8.67. The minimum absolute atomic E-state index is 0.234. The van der Waals surface area contributed by atoms with Gasteiger partial charge in [0.15, 0.2) is 0 Å². The van der Waals surface area contributed by atoms with E-state index in [-0.39, 0.29) is 17.3 Å². The summed E-state index contributed by atoms with van der Waals surface area (Å²) in [5, 5.41) is 2.75. The Kier molecular flexibility index (Phi) is 6.55. The lowest BCUT2D eigenvalue weighted by atomic mass is 10.0. The van der Waals surface area contributed by atoms with Gasteiger partial charge in [-0.1, -0.05) is 54.1 Å². The number of hydrazine groups is 1. The zero-order chi connectivity index (χ0) is 20.6. The number of carbonyl (C=O) groups excluding carboxylic acids is 3. The highest BCUT2D eigenvalue weighted by atomic mass is 35.5. The van der Waals surface area contributed by atoms with Crippen LogP contribution >= 0.6 is 11.6 Å². The number of hydrogen-bond donors (Lipinski definition) is 3. The van der Waals surface area contributed by atoms with Crippen molar-refractivity contribution in [3.63, 3.8) is 0 Å². The van der Waals surface area contributed by atoms with Gasteiger partial charge in [-0.05, 0) is 35.4 Å². The molecule has 146 valence electrons. The van der Waals surface area contributed by atoms with E-state index >= 15 is 0 Å². The van der Waals surface area contributed by atoms with E-state index in [9.17, 15) is 14.4 Å². The van der Waals surface area contributed by atoms with Crippen LogP contribution in [-0.2, 0) is 4.79 Å². The molecule has 0 radical (unpaired) electrons. The minimum Gasteiger partial charge on any atom is -0.343 e. The van der Waals surface area contributed by atoms with Crippen LogP contribution in [0.4, 0.5) is 0 Å². The molecule has 0 aliphatic heterocycles. The number of benzene rings is 2. The molecule has 0 spiro atoms. The molecule has 0 saturated carbocycles. The van der Waals surface area contributed by atoms with Crippen LogP contribution in [0.3, 0.4) is 0 Å². The van der Waals surface area contributed by atoms with Crippen LogP contribution < -0.4 is 16.2 Å². The fourth-order valence-corrected chi connectivity index (χ4v) is 2.57. The molecule has 0 fully saturated rings. The van der Waals surface area contributed by atoms with Crippen molar-refractivity contribution in [1.82, 2.24) is 21.2 Å². The maximum Gasteiger partial charge on any atom is 0.271 e. The van der Waals surface area contributed by atoms with Crippen LogP contribution in [0.5, 0.6) is 0 Å². The smallest absolute Gasteiger partial charge is 0.271 e. The third-order valence-electron chi connectivity index (χ3n) is 3.97. The number of rotatable bonds is 5. The van der Waals surface area contributed by atoms with Crippen molar-refractivity contribution in [2.45, 2.75) is 0 Å². The monoisotopic (exact) mass is 408 g/mol. The van der Waals surface area contributed by atoms with Crippen molar-refractivity contribution in [2.24, 2.45) is 0 Å². The Labute approximate surface area is 172 Å². The molecule has 0 unspecified atom stereocenters. The molecular formula is C21H17ClN4O3. The summed E-state index contributed by atoms with van der Waals surface area (Å²) in [7, 11) is 0. The number of nitrogens with one attached hydrogen (secondary N) is 3. The van der Waals surface area contributed by atoms with Gasteiger partial charge < -0.3 is 5.32 Å². The summed E-state index contributed by atoms with van der Waals surface area (Å²) in [4.78, 5) is 39.7. The van der Waals surface area contributed by atoms with E-state index in [1.54, 1.807) is 12.1 Å². The lowest BCUT2D eigenvalue weighted by molar-refractivity contribution is -0.120. The Morgan fingerprint density at radius 2 is 1.41 bits per heavy atom. The molecule has 8 heteroatoms. The van der Waals surface area contributed by atoms with Crippen LogP contribution in [0, 0.1) is 0 Å². The molecule has 0 aliphatic rings. The summed E-state index contributed by atoms with van der Waals surface area (Å²) in [5.74, 6) is -1.52. The van der Waals surface area contributed by atoms with Crippen LogP contribution in [0.2, 0.25) is 5.15 Å². The molecule has 0 atom stereocenters. The molecule has 2 aromatic carbocycles. The van der Waals surface area contributed by atoms with Gasteiger partial charge >= 0.3 is 0 Å². The zero-order valence-corrected chi connectivity index (χ0v) is 15.9. The van der Waals surface area contributed by atoms with Gasteiger partial charge in [0.1, 0.15) is 5.15 Å². The summed E-state index contributed by atoms with van der Waals surface area (Å²) >= 11 is 5.65. The Hall–Kier alpha value is -3.71. The first kappa shape index (κ1) is 20.0. The summed E-state index contributed by atoms with van der Waals surface area (Å²) in [6.45, 7) is -0.293. The van der Waals surface area contributed by atoms with Gasteiger partial charge in [-0.25, -0.2) is 4.98 Å². The Bertz CT molecular complexity index is 1010. The van der Waals surface area contributed by atoms with Crippen molar-refractivity contribution >= 4 is 29.3 Å². The van der Waals surface area contributed by atoms with Crippen molar-refractivity contribution in [3.05, 3.63) is 89.2 Å². The summed E-state index contributed by atoms with van der Waals surface area (Å²) in [6, 6.07) is 19.8. The van der Waals surface area contributed by atoms with Gasteiger partial charge in [-0.2, -0.15) is 0 Å². The number of aromatic nitrogens is 1. The van der Waals surface area contributed by atoms with Gasteiger partial charge in [0.05, 0.1) is 12.1 Å². The van der Waals surface area contributed by atoms with Crippen molar-refractivity contribution in [3.8, 4) is 11.1 Å². The van der Waals surface area contributed by atoms with E-state index in [4.69, 9.17) is 11.6 Å². The summed E-state index contributed by atoms with van der Waals surface area (Å²) in [5.41, 5.74) is 7.14. The lowest BCUT2D eigenvalue weighted by Gasteiger charge is -2.09. The van der Waals surface area contributed by atoms with Crippen molar-refractivity contribution < 1.29 is 14.4 Å². The number of amides is 3. The van der Waals surface area contributed by atoms with E-state index in [1.165, 1.54) is 18.3 Å². The molecule has 0 saturated heterocycles. The fraction of sp³-hybridized carbons (Fsp3) is 0.0476. The van der Waals surface area contributed by atoms with Gasteiger partial charge in [0.2, 0.25) is 0 Å². The number of halogens is 1. The second-order valence-electron chi connectivity index (χ2n) is 6.00. The molecule has 3 N–H and O–H groups in total. The first-order chi connectivity index (χ1) is 14.0. The number of hydrogen-bond acceptors (Lipinski definition) is 4. The Morgan fingerprint density at radius 1 is 0.759 bits per heavy atom. The van der Waals surface area contributed by atoms with E-state index in [1.807, 2.05) is 42.5 Å². The molecule has 3 rings (SSSR count). The topological polar surface area (TPSA) is 100 Å². The average Bonchev–Trinajstić information content (AvgIpc) is 2.77.